The van der Waals surface area contributed by atoms with Crippen LogP contribution in [0, 0.1) is 0 Å². The number of carbonyl (C=O) groups is 1. The molecule has 1 fully saturated rings. The van der Waals surface area contributed by atoms with E-state index in [-0.39, 0.29) is 23.4 Å². The van der Waals surface area contributed by atoms with E-state index in [1.165, 1.54) is 6.07 Å². The Kier molecular flexibility index (Phi) is 5.50. The molecule has 30 heavy (non-hydrogen) atoms. The molecule has 3 aromatic rings. The molecule has 3 heterocycles. The molecule has 1 aliphatic rings. The molecule has 0 atom stereocenters. The lowest BCUT2D eigenvalue weighted by molar-refractivity contribution is -0.146. The van der Waals surface area contributed by atoms with E-state index < -0.39 is 12.0 Å². The number of anilines is 2. The number of rotatable bonds is 4. The molecule has 0 aliphatic carbocycles. The van der Waals surface area contributed by atoms with Gasteiger partial charge in [-0.15, -0.1) is 26.9 Å². The van der Waals surface area contributed by atoms with Gasteiger partial charge in [-0.1, -0.05) is 12.1 Å². The second-order valence-electron chi connectivity index (χ2n) is 7.05. The standard InChI is InChI=1S/C19H18ClF3N6O/c20-11-17(30)24-14-3-1-2-13(10-14)12-6-8-28(9-7-12)16-5-4-15-25-26-18(19(21,22)23)29(15)27-16/h1-5,10,12H,6-9,11H2,(H,24,30). The van der Waals surface area contributed by atoms with Gasteiger partial charge in [0.05, 0.1) is 0 Å². The van der Waals surface area contributed by atoms with Crippen LogP contribution in [-0.2, 0) is 11.0 Å². The van der Waals surface area contributed by atoms with E-state index in [0.29, 0.717) is 24.6 Å². The van der Waals surface area contributed by atoms with Gasteiger partial charge in [0.15, 0.2) is 5.65 Å². The highest BCUT2D eigenvalue weighted by atomic mass is 35.5. The van der Waals surface area contributed by atoms with Crippen LogP contribution < -0.4 is 10.2 Å². The van der Waals surface area contributed by atoms with Crippen molar-refractivity contribution in [1.29, 1.82) is 0 Å². The Morgan fingerprint density at radius 1 is 1.17 bits per heavy atom. The molecule has 1 aliphatic heterocycles. The monoisotopic (exact) mass is 438 g/mol. The van der Waals surface area contributed by atoms with Gasteiger partial charge in [0.25, 0.3) is 5.82 Å². The number of carbonyl (C=O) groups excluding carboxylic acids is 1. The highest BCUT2D eigenvalue weighted by Crippen LogP contribution is 2.32. The number of piperidine rings is 1. The number of halogens is 4. The van der Waals surface area contributed by atoms with Gasteiger partial charge in [0, 0.05) is 18.8 Å². The van der Waals surface area contributed by atoms with Gasteiger partial charge in [-0.25, -0.2) is 0 Å². The summed E-state index contributed by atoms with van der Waals surface area (Å²) in [6.07, 6.45) is -3.01. The average molecular weight is 439 g/mol. The molecule has 0 saturated carbocycles. The topological polar surface area (TPSA) is 75.4 Å². The number of alkyl halides is 4. The zero-order chi connectivity index (χ0) is 21.3. The molecule has 1 aromatic carbocycles. The molecule has 0 radical (unpaired) electrons. The Hall–Kier alpha value is -2.88. The van der Waals surface area contributed by atoms with Gasteiger partial charge < -0.3 is 10.2 Å². The normalized spacial score (nSPS) is 15.5. The van der Waals surface area contributed by atoms with Gasteiger partial charge in [0.2, 0.25) is 5.91 Å². The number of benzene rings is 1. The molecular weight excluding hydrogens is 421 g/mol. The Morgan fingerprint density at radius 3 is 2.63 bits per heavy atom. The van der Waals surface area contributed by atoms with Crippen molar-refractivity contribution in [1.82, 2.24) is 19.8 Å². The number of nitrogens with zero attached hydrogens (tertiary/aromatic N) is 5. The molecule has 2 aromatic heterocycles. The third-order valence-corrected chi connectivity index (χ3v) is 5.33. The van der Waals surface area contributed by atoms with Gasteiger partial charge in [0.1, 0.15) is 11.7 Å². The maximum Gasteiger partial charge on any atom is 0.453 e. The molecule has 1 N–H and O–H groups in total. The molecule has 0 spiro atoms. The number of nitrogens with one attached hydrogen (secondary N) is 1. The Morgan fingerprint density at radius 2 is 1.93 bits per heavy atom. The fourth-order valence-corrected chi connectivity index (χ4v) is 3.70. The molecule has 1 amide bonds. The molecule has 0 bridgehead atoms. The third kappa shape index (κ3) is 4.18. The van der Waals surface area contributed by atoms with Crippen LogP contribution in [0.15, 0.2) is 36.4 Å². The molecular formula is C19H18ClF3N6O. The van der Waals surface area contributed by atoms with Gasteiger partial charge in [-0.05, 0) is 48.6 Å². The summed E-state index contributed by atoms with van der Waals surface area (Å²) in [5, 5.41) is 13.6. The SMILES string of the molecule is O=C(CCl)Nc1cccc(C2CCN(c3ccc4nnc(C(F)(F)F)n4n3)CC2)c1. The van der Waals surface area contributed by atoms with Crippen LogP contribution in [0.1, 0.15) is 30.1 Å². The summed E-state index contributed by atoms with van der Waals surface area (Å²) >= 11 is 5.53. The quantitative estimate of drug-likeness (QED) is 0.628. The fraction of sp³-hybridized carbons (Fsp3) is 0.368. The van der Waals surface area contributed by atoms with E-state index in [4.69, 9.17) is 11.6 Å². The summed E-state index contributed by atoms with van der Waals surface area (Å²) < 4.78 is 40.0. The van der Waals surface area contributed by atoms with Crippen molar-refractivity contribution in [2.75, 3.05) is 29.2 Å². The molecule has 11 heteroatoms. The summed E-state index contributed by atoms with van der Waals surface area (Å²) in [4.78, 5) is 13.4. The zero-order valence-corrected chi connectivity index (χ0v) is 16.5. The summed E-state index contributed by atoms with van der Waals surface area (Å²) in [5.74, 6) is -0.780. The highest BCUT2D eigenvalue weighted by Gasteiger charge is 2.38. The molecule has 0 unspecified atom stereocenters. The smallest absolute Gasteiger partial charge is 0.355 e. The lowest BCUT2D eigenvalue weighted by Crippen LogP contribution is -2.34. The van der Waals surface area contributed by atoms with E-state index >= 15 is 0 Å². The first-order valence-electron chi connectivity index (χ1n) is 9.35. The van der Waals surface area contributed by atoms with Crippen molar-refractivity contribution in [2.45, 2.75) is 24.9 Å². The van der Waals surface area contributed by atoms with E-state index in [1.807, 2.05) is 23.1 Å². The van der Waals surface area contributed by atoms with Gasteiger partial charge in [-0.3, -0.25) is 4.79 Å². The first kappa shape index (κ1) is 20.4. The second-order valence-corrected chi connectivity index (χ2v) is 7.32. The molecule has 7 nitrogen and oxygen atoms in total. The van der Waals surface area contributed by atoms with Crippen LogP contribution in [0.2, 0.25) is 0 Å². The fourth-order valence-electron chi connectivity index (χ4n) is 3.63. The zero-order valence-electron chi connectivity index (χ0n) is 15.7. The number of amides is 1. The van der Waals surface area contributed by atoms with E-state index in [2.05, 4.69) is 20.6 Å². The first-order chi connectivity index (χ1) is 14.3. The first-order valence-corrected chi connectivity index (χ1v) is 9.89. The Bertz CT molecular complexity index is 1060. The minimum atomic E-state index is -4.62. The van der Waals surface area contributed by atoms with Crippen LogP contribution in [-0.4, -0.2) is 44.7 Å². The number of aromatic nitrogens is 4. The van der Waals surface area contributed by atoms with Crippen molar-refractivity contribution in [3.05, 3.63) is 47.8 Å². The van der Waals surface area contributed by atoms with Crippen LogP contribution in [0.3, 0.4) is 0 Å². The van der Waals surface area contributed by atoms with Crippen molar-refractivity contribution in [3.63, 3.8) is 0 Å². The van der Waals surface area contributed by atoms with E-state index in [0.717, 1.165) is 22.9 Å². The van der Waals surface area contributed by atoms with E-state index in [9.17, 15) is 18.0 Å². The predicted octanol–water partition coefficient (Wildman–Crippen LogP) is 3.70. The minimum Gasteiger partial charge on any atom is -0.355 e. The van der Waals surface area contributed by atoms with Crippen LogP contribution in [0.4, 0.5) is 24.7 Å². The maximum atomic E-state index is 13.1. The lowest BCUT2D eigenvalue weighted by atomic mass is 9.89. The summed E-state index contributed by atoms with van der Waals surface area (Å²) in [6.45, 7) is 1.29. The van der Waals surface area contributed by atoms with Crippen LogP contribution >= 0.6 is 11.6 Å². The van der Waals surface area contributed by atoms with Crippen molar-refractivity contribution in [3.8, 4) is 0 Å². The molecule has 4 rings (SSSR count). The Labute approximate surface area is 174 Å². The third-order valence-electron chi connectivity index (χ3n) is 5.08. The number of hydrogen-bond donors (Lipinski definition) is 1. The largest absolute Gasteiger partial charge is 0.453 e. The molecule has 1 saturated heterocycles. The van der Waals surface area contributed by atoms with E-state index in [1.54, 1.807) is 12.1 Å². The van der Waals surface area contributed by atoms with Crippen molar-refractivity contribution < 1.29 is 18.0 Å². The Balaban J connectivity index is 1.47. The lowest BCUT2D eigenvalue weighted by Gasteiger charge is -2.33. The van der Waals surface area contributed by atoms with Crippen LogP contribution in [0.5, 0.6) is 0 Å². The van der Waals surface area contributed by atoms with Gasteiger partial charge in [-0.2, -0.15) is 17.7 Å². The predicted molar refractivity (Wildman–Crippen MR) is 106 cm³/mol. The summed E-state index contributed by atoms with van der Waals surface area (Å²) in [7, 11) is 0. The number of hydrogen-bond acceptors (Lipinski definition) is 5. The summed E-state index contributed by atoms with van der Waals surface area (Å²) in [5.41, 5.74) is 1.85. The van der Waals surface area contributed by atoms with Gasteiger partial charge >= 0.3 is 6.18 Å². The molecule has 158 valence electrons. The van der Waals surface area contributed by atoms with Crippen LogP contribution in [0.25, 0.3) is 5.65 Å². The minimum absolute atomic E-state index is 0.0526. The average Bonchev–Trinajstić information content (AvgIpc) is 3.18. The summed E-state index contributed by atoms with van der Waals surface area (Å²) in [6, 6.07) is 10.8. The van der Waals surface area contributed by atoms with Crippen molar-refractivity contribution in [2.24, 2.45) is 0 Å². The van der Waals surface area contributed by atoms with Crippen molar-refractivity contribution >= 4 is 34.7 Å². The number of fused-ring (bicyclic) bond motifs is 1. The maximum absolute atomic E-state index is 13.1. The second kappa shape index (κ2) is 8.10. The highest BCUT2D eigenvalue weighted by molar-refractivity contribution is 6.29.